The van der Waals surface area contributed by atoms with Crippen LogP contribution in [0.5, 0.6) is 5.75 Å². The highest BCUT2D eigenvalue weighted by atomic mass is 16.7. The molecule has 6 aromatic rings. The van der Waals surface area contributed by atoms with Gasteiger partial charge >= 0.3 is 18.2 Å². The van der Waals surface area contributed by atoms with Gasteiger partial charge in [-0.15, -0.1) is 0 Å². The number of nitro groups is 1. The second-order valence-electron chi connectivity index (χ2n) is 14.6. The number of nitrogens with one attached hydrogen (secondary N) is 2. The Morgan fingerprint density at radius 3 is 1.61 bits per heavy atom. The van der Waals surface area contributed by atoms with E-state index in [0.717, 1.165) is 44.5 Å². The van der Waals surface area contributed by atoms with Crippen molar-refractivity contribution in [2.24, 2.45) is 0 Å². The fraction of sp³-hybridized carbons (Fsp3) is 0.167. The molecule has 8 rings (SSSR count). The summed E-state index contributed by atoms with van der Waals surface area (Å²) in [6.07, 6.45) is -2.02. The maximum absolute atomic E-state index is 13.8. The first-order valence-electron chi connectivity index (χ1n) is 19.7. The van der Waals surface area contributed by atoms with Crippen LogP contribution in [0.1, 0.15) is 52.5 Å². The van der Waals surface area contributed by atoms with Gasteiger partial charge in [-0.1, -0.05) is 109 Å². The fourth-order valence-corrected chi connectivity index (χ4v) is 7.82. The Bertz CT molecular complexity index is 2520. The summed E-state index contributed by atoms with van der Waals surface area (Å²) in [6.45, 7) is -0.0596. The second kappa shape index (κ2) is 18.0. The van der Waals surface area contributed by atoms with Crippen molar-refractivity contribution in [1.29, 1.82) is 0 Å². The number of non-ortho nitro benzene ring substituents is 1. The molecule has 0 heterocycles. The minimum atomic E-state index is -1.20. The van der Waals surface area contributed by atoms with Gasteiger partial charge in [0.2, 0.25) is 5.91 Å². The predicted molar refractivity (Wildman–Crippen MR) is 225 cm³/mol. The number of carbonyl (C=O) groups is 4. The zero-order chi connectivity index (χ0) is 42.3. The third-order valence-electron chi connectivity index (χ3n) is 10.8. The zero-order valence-corrected chi connectivity index (χ0v) is 32.7. The number of fused-ring (bicyclic) bond motifs is 6. The van der Waals surface area contributed by atoms with Gasteiger partial charge in [0.15, 0.2) is 0 Å². The molecular weight excluding hydrogens is 779 g/mol. The summed E-state index contributed by atoms with van der Waals surface area (Å²) in [7, 11) is 0. The quantitative estimate of drug-likeness (QED) is 0.0355. The molecule has 1 unspecified atom stereocenters. The minimum absolute atomic E-state index is 0.0345. The number of esters is 1. The molecule has 2 aliphatic carbocycles. The first-order chi connectivity index (χ1) is 29.7. The Morgan fingerprint density at radius 1 is 0.607 bits per heavy atom. The number of carbonyl (C=O) groups excluding carboxylic acids is 4. The van der Waals surface area contributed by atoms with Crippen LogP contribution in [-0.4, -0.2) is 48.3 Å². The fourth-order valence-electron chi connectivity index (χ4n) is 7.82. The summed E-state index contributed by atoms with van der Waals surface area (Å²) >= 11 is 0. The van der Waals surface area contributed by atoms with Crippen LogP contribution < -0.4 is 15.4 Å². The van der Waals surface area contributed by atoms with Gasteiger partial charge in [0.05, 0.1) is 4.92 Å². The van der Waals surface area contributed by atoms with E-state index in [1.54, 1.807) is 24.3 Å². The van der Waals surface area contributed by atoms with E-state index in [-0.39, 0.29) is 55.9 Å². The largest absolute Gasteiger partial charge is 0.514 e. The lowest BCUT2D eigenvalue weighted by Crippen LogP contribution is -2.43. The van der Waals surface area contributed by atoms with E-state index < -0.39 is 35.1 Å². The average molecular weight is 818 g/mol. The maximum Gasteiger partial charge on any atom is 0.514 e. The van der Waals surface area contributed by atoms with Crippen molar-refractivity contribution >= 4 is 35.5 Å². The van der Waals surface area contributed by atoms with Crippen LogP contribution in [0.25, 0.3) is 22.3 Å². The van der Waals surface area contributed by atoms with Gasteiger partial charge in [0.25, 0.3) is 5.69 Å². The molecule has 306 valence electrons. The molecule has 61 heavy (non-hydrogen) atoms. The summed E-state index contributed by atoms with van der Waals surface area (Å²) in [5, 5.41) is 16.3. The van der Waals surface area contributed by atoms with E-state index in [1.165, 1.54) is 24.3 Å². The van der Waals surface area contributed by atoms with Crippen molar-refractivity contribution in [3.63, 3.8) is 0 Å². The van der Waals surface area contributed by atoms with Crippen LogP contribution in [0.4, 0.5) is 21.0 Å². The van der Waals surface area contributed by atoms with E-state index in [0.29, 0.717) is 11.3 Å². The van der Waals surface area contributed by atoms with Crippen LogP contribution in [0.15, 0.2) is 146 Å². The van der Waals surface area contributed by atoms with E-state index in [1.807, 2.05) is 97.1 Å². The number of alkyl carbamates (subject to hydrolysis) is 1. The number of rotatable bonds is 14. The molecule has 1 atom stereocenters. The normalized spacial score (nSPS) is 12.8. The molecule has 0 aliphatic heterocycles. The van der Waals surface area contributed by atoms with Gasteiger partial charge < -0.3 is 29.6 Å². The SMILES string of the molecule is O=C(CCC(NC(=O)OCC1c2ccccc2-c2ccccc21)C(=O)OCC1c2ccccc2-c2ccccc21)Nc1ccc(COC(=O)Oc2ccc([N+](=O)[O-])cc2)cc1. The molecule has 0 aromatic heterocycles. The van der Waals surface area contributed by atoms with Gasteiger partial charge in [-0.25, -0.2) is 14.4 Å². The first-order valence-corrected chi connectivity index (χ1v) is 19.7. The van der Waals surface area contributed by atoms with Crippen molar-refractivity contribution in [3.05, 3.63) is 184 Å². The highest BCUT2D eigenvalue weighted by Gasteiger charge is 2.33. The molecule has 0 saturated heterocycles. The summed E-state index contributed by atoms with van der Waals surface area (Å²) in [6, 6.07) is 42.2. The third-order valence-corrected chi connectivity index (χ3v) is 10.8. The Balaban J connectivity index is 0.884. The number of benzene rings is 6. The predicted octanol–water partition coefficient (Wildman–Crippen LogP) is 9.29. The number of amides is 2. The lowest BCUT2D eigenvalue weighted by Gasteiger charge is -2.21. The van der Waals surface area contributed by atoms with Crippen LogP contribution in [0, 0.1) is 10.1 Å². The Morgan fingerprint density at radius 2 is 1.10 bits per heavy atom. The smallest absolute Gasteiger partial charge is 0.463 e. The van der Waals surface area contributed by atoms with Gasteiger partial charge in [0, 0.05) is 36.1 Å². The topological polar surface area (TPSA) is 172 Å². The van der Waals surface area contributed by atoms with Crippen molar-refractivity contribution < 1.29 is 43.0 Å². The van der Waals surface area contributed by atoms with Crippen LogP contribution >= 0.6 is 0 Å². The molecule has 2 aliphatic rings. The van der Waals surface area contributed by atoms with Crippen molar-refractivity contribution in [2.75, 3.05) is 18.5 Å². The lowest BCUT2D eigenvalue weighted by atomic mass is 9.98. The zero-order valence-electron chi connectivity index (χ0n) is 32.7. The minimum Gasteiger partial charge on any atom is -0.463 e. The van der Waals surface area contributed by atoms with Crippen molar-refractivity contribution in [3.8, 4) is 28.0 Å². The molecule has 0 radical (unpaired) electrons. The lowest BCUT2D eigenvalue weighted by molar-refractivity contribution is -0.384. The van der Waals surface area contributed by atoms with E-state index >= 15 is 0 Å². The monoisotopic (exact) mass is 817 g/mol. The highest BCUT2D eigenvalue weighted by molar-refractivity contribution is 5.91. The van der Waals surface area contributed by atoms with Crippen molar-refractivity contribution in [2.45, 2.75) is 37.3 Å². The molecule has 2 N–H and O–H groups in total. The van der Waals surface area contributed by atoms with Gasteiger partial charge in [-0.05, 0) is 80.8 Å². The number of hydrogen-bond donors (Lipinski definition) is 2. The molecule has 0 bridgehead atoms. The molecule has 13 heteroatoms. The number of nitro benzene ring substituents is 1. The number of nitrogens with zero attached hydrogens (tertiary/aromatic N) is 1. The number of hydrogen-bond acceptors (Lipinski definition) is 10. The standard InChI is InChI=1S/C48H39N3O10/c52-45(49-31-19-17-30(18-20-31)27-60-48(55)61-33-23-21-32(22-24-33)51(56)57)26-25-44(46(53)58-28-42-38-13-5-1-9-34(38)35-10-2-6-14-39(35)42)50-47(54)59-29-43-40-15-7-3-11-36(40)37-12-4-8-16-41(37)43/h1-24,42-44H,25-29H2,(H,49,52)(H,50,54). The maximum atomic E-state index is 13.8. The molecule has 13 nitrogen and oxygen atoms in total. The molecule has 0 spiro atoms. The first kappa shape index (κ1) is 40.0. The Labute approximate surface area is 350 Å². The molecule has 0 fully saturated rings. The Kier molecular flexibility index (Phi) is 11.8. The third kappa shape index (κ3) is 9.10. The van der Waals surface area contributed by atoms with Crippen LogP contribution in [-0.2, 0) is 30.4 Å². The van der Waals surface area contributed by atoms with E-state index in [9.17, 15) is 29.3 Å². The molecule has 0 saturated carbocycles. The van der Waals surface area contributed by atoms with Gasteiger partial charge in [-0.3, -0.25) is 14.9 Å². The molecule has 6 aromatic carbocycles. The number of anilines is 1. The van der Waals surface area contributed by atoms with Crippen molar-refractivity contribution in [1.82, 2.24) is 5.32 Å². The Hall–Kier alpha value is -7.80. The van der Waals surface area contributed by atoms with Gasteiger partial charge in [-0.2, -0.15) is 0 Å². The van der Waals surface area contributed by atoms with Crippen LogP contribution in [0.2, 0.25) is 0 Å². The summed E-state index contributed by atoms with van der Waals surface area (Å²) in [5.41, 5.74) is 9.39. The molecule has 2 amide bonds. The van der Waals surface area contributed by atoms with Crippen LogP contribution in [0.3, 0.4) is 0 Å². The van der Waals surface area contributed by atoms with E-state index in [2.05, 4.69) is 10.6 Å². The molecular formula is C48H39N3O10. The summed E-state index contributed by atoms with van der Waals surface area (Å²) < 4.78 is 21.9. The highest BCUT2D eigenvalue weighted by Crippen LogP contribution is 2.45. The number of ether oxygens (including phenoxy) is 4. The van der Waals surface area contributed by atoms with Gasteiger partial charge in [0.1, 0.15) is 31.6 Å². The van der Waals surface area contributed by atoms with E-state index in [4.69, 9.17) is 18.9 Å². The summed E-state index contributed by atoms with van der Waals surface area (Å²) in [5.74, 6) is -1.42. The summed E-state index contributed by atoms with van der Waals surface area (Å²) in [4.78, 5) is 62.8. The average Bonchev–Trinajstić information content (AvgIpc) is 3.78. The second-order valence-corrected chi connectivity index (χ2v) is 14.6.